The van der Waals surface area contributed by atoms with E-state index in [0.29, 0.717) is 12.6 Å². The van der Waals surface area contributed by atoms with Crippen molar-refractivity contribution in [1.82, 2.24) is 25.2 Å². The van der Waals surface area contributed by atoms with E-state index in [1.165, 1.54) is 12.4 Å². The van der Waals surface area contributed by atoms with Crippen molar-refractivity contribution in [3.8, 4) is 0 Å². The van der Waals surface area contributed by atoms with Crippen LogP contribution in [0.1, 0.15) is 28.0 Å². The van der Waals surface area contributed by atoms with Gasteiger partial charge in [-0.25, -0.2) is 15.0 Å². The molecule has 3 N–H and O–H groups in total. The van der Waals surface area contributed by atoms with Crippen LogP contribution in [0.25, 0.3) is 10.9 Å². The highest BCUT2D eigenvalue weighted by Crippen LogP contribution is 2.28. The Balaban J connectivity index is 1.66. The molecule has 0 saturated carbocycles. The number of carbonyl (C=O) groups is 1. The lowest BCUT2D eigenvalue weighted by Crippen LogP contribution is -2.35. The molecule has 0 aliphatic carbocycles. The molecule has 8 heteroatoms. The van der Waals surface area contributed by atoms with Crippen molar-refractivity contribution in [2.75, 3.05) is 37.8 Å². The molecule has 1 unspecified atom stereocenters. The van der Waals surface area contributed by atoms with Gasteiger partial charge in [-0.1, -0.05) is 18.2 Å². The average molecular weight is 406 g/mol. The maximum Gasteiger partial charge on any atom is 0.273 e. The number of nitrogens with one attached hydrogen (secondary N) is 1. The Bertz CT molecular complexity index is 1080. The first kappa shape index (κ1) is 20.0. The van der Waals surface area contributed by atoms with Crippen LogP contribution < -0.4 is 16.0 Å². The minimum absolute atomic E-state index is 0.119. The van der Waals surface area contributed by atoms with Crippen LogP contribution in [0.15, 0.2) is 36.7 Å². The van der Waals surface area contributed by atoms with Gasteiger partial charge in [0.2, 0.25) is 0 Å². The van der Waals surface area contributed by atoms with Crippen LogP contribution in [0.3, 0.4) is 0 Å². The molecule has 3 heterocycles. The van der Waals surface area contributed by atoms with Gasteiger partial charge in [-0.15, -0.1) is 0 Å². The highest BCUT2D eigenvalue weighted by atomic mass is 16.1. The molecule has 1 aliphatic rings. The van der Waals surface area contributed by atoms with Gasteiger partial charge >= 0.3 is 0 Å². The third-order valence-electron chi connectivity index (χ3n) is 5.73. The van der Waals surface area contributed by atoms with Crippen LogP contribution in [-0.4, -0.2) is 59.0 Å². The van der Waals surface area contributed by atoms with E-state index in [9.17, 15) is 4.79 Å². The Morgan fingerprint density at radius 2 is 2.13 bits per heavy atom. The van der Waals surface area contributed by atoms with Crippen LogP contribution in [0.5, 0.6) is 0 Å². The van der Waals surface area contributed by atoms with Crippen molar-refractivity contribution in [2.24, 2.45) is 0 Å². The van der Waals surface area contributed by atoms with E-state index >= 15 is 0 Å². The number of likely N-dealkylation sites (tertiary alicyclic amines) is 1. The summed E-state index contributed by atoms with van der Waals surface area (Å²) in [7, 11) is 4.22. The summed E-state index contributed by atoms with van der Waals surface area (Å²) in [6, 6.07) is 8.64. The highest BCUT2D eigenvalue weighted by Gasteiger charge is 2.26. The number of carbonyl (C=O) groups excluding carboxylic acids is 1. The third-order valence-corrected chi connectivity index (χ3v) is 5.73. The van der Waals surface area contributed by atoms with E-state index in [1.54, 1.807) is 0 Å². The molecular weight excluding hydrogens is 378 g/mol. The fraction of sp³-hybridized carbons (Fsp3) is 0.364. The fourth-order valence-corrected chi connectivity index (χ4v) is 4.00. The summed E-state index contributed by atoms with van der Waals surface area (Å²) in [5.74, 6) is 0.664. The molecule has 1 saturated heterocycles. The van der Waals surface area contributed by atoms with Gasteiger partial charge < -0.3 is 20.9 Å². The predicted octanol–water partition coefficient (Wildman–Crippen LogP) is 1.99. The topological polar surface area (TPSA) is 100 Å². The Morgan fingerprint density at radius 3 is 2.87 bits per heavy atom. The van der Waals surface area contributed by atoms with E-state index in [2.05, 4.69) is 64.3 Å². The average Bonchev–Trinajstić information content (AvgIpc) is 3.18. The molecule has 1 aliphatic heterocycles. The summed E-state index contributed by atoms with van der Waals surface area (Å²) < 4.78 is 0. The molecule has 4 rings (SSSR count). The quantitative estimate of drug-likeness (QED) is 0.669. The second-order valence-corrected chi connectivity index (χ2v) is 7.91. The van der Waals surface area contributed by atoms with Gasteiger partial charge in [-0.05, 0) is 38.6 Å². The summed E-state index contributed by atoms with van der Waals surface area (Å²) in [5.41, 5.74) is 9.01. The van der Waals surface area contributed by atoms with Crippen molar-refractivity contribution in [2.45, 2.75) is 25.9 Å². The van der Waals surface area contributed by atoms with Crippen LogP contribution >= 0.6 is 0 Å². The first-order valence-electron chi connectivity index (χ1n) is 10.1. The third kappa shape index (κ3) is 3.91. The van der Waals surface area contributed by atoms with Crippen LogP contribution in [0.4, 0.5) is 11.6 Å². The first-order chi connectivity index (χ1) is 14.4. The number of aryl methyl sites for hydroxylation is 1. The second kappa shape index (κ2) is 8.23. The van der Waals surface area contributed by atoms with Gasteiger partial charge in [-0.2, -0.15) is 0 Å². The van der Waals surface area contributed by atoms with E-state index < -0.39 is 0 Å². The molecule has 1 aromatic carbocycles. The summed E-state index contributed by atoms with van der Waals surface area (Å²) in [4.78, 5) is 30.2. The number of para-hydroxylation sites is 1. The molecule has 0 spiro atoms. The lowest BCUT2D eigenvalue weighted by molar-refractivity contribution is 0.0946. The molecule has 1 atom stereocenters. The molecule has 1 amide bonds. The van der Waals surface area contributed by atoms with Gasteiger partial charge in [-0.3, -0.25) is 4.79 Å². The molecule has 2 aromatic heterocycles. The van der Waals surface area contributed by atoms with Crippen LogP contribution in [0.2, 0.25) is 0 Å². The van der Waals surface area contributed by atoms with Gasteiger partial charge in [0, 0.05) is 49.5 Å². The molecule has 156 valence electrons. The second-order valence-electron chi connectivity index (χ2n) is 7.91. The zero-order chi connectivity index (χ0) is 21.3. The van der Waals surface area contributed by atoms with Crippen molar-refractivity contribution in [3.63, 3.8) is 0 Å². The summed E-state index contributed by atoms with van der Waals surface area (Å²) in [6.45, 7) is 4.46. The zero-order valence-corrected chi connectivity index (χ0v) is 17.6. The number of nitrogens with two attached hydrogens (primary N) is 1. The number of amides is 1. The Morgan fingerprint density at radius 1 is 1.33 bits per heavy atom. The van der Waals surface area contributed by atoms with E-state index in [1.807, 2.05) is 6.07 Å². The first-order valence-corrected chi connectivity index (χ1v) is 10.1. The monoisotopic (exact) mass is 405 g/mol. The zero-order valence-electron chi connectivity index (χ0n) is 17.6. The number of likely N-dealkylation sites (N-methyl/N-ethyl adjacent to an activating group) is 2. The molecule has 1 fully saturated rings. The summed E-state index contributed by atoms with van der Waals surface area (Å²) in [5, 5.41) is 3.99. The number of anilines is 2. The number of hydrogen-bond acceptors (Lipinski definition) is 7. The van der Waals surface area contributed by atoms with Crippen LogP contribution in [-0.2, 0) is 6.54 Å². The number of benzene rings is 1. The Hall–Kier alpha value is -3.26. The number of hydrogen-bond donors (Lipinski definition) is 2. The minimum atomic E-state index is -0.348. The van der Waals surface area contributed by atoms with E-state index in [0.717, 1.165) is 47.4 Å². The van der Waals surface area contributed by atoms with Crippen molar-refractivity contribution in [1.29, 1.82) is 0 Å². The maximum absolute atomic E-state index is 12.6. The molecule has 8 nitrogen and oxygen atoms in total. The molecule has 0 radical (unpaired) electrons. The number of aromatic nitrogens is 3. The van der Waals surface area contributed by atoms with Crippen molar-refractivity contribution < 1.29 is 4.79 Å². The van der Waals surface area contributed by atoms with Gasteiger partial charge in [0.05, 0.1) is 5.52 Å². The van der Waals surface area contributed by atoms with Gasteiger partial charge in [0.25, 0.3) is 5.91 Å². The highest BCUT2D eigenvalue weighted by molar-refractivity contribution is 5.96. The number of pyridine rings is 1. The Labute approximate surface area is 176 Å². The minimum Gasteiger partial charge on any atom is -0.382 e. The van der Waals surface area contributed by atoms with Gasteiger partial charge in [0.1, 0.15) is 5.82 Å². The summed E-state index contributed by atoms with van der Waals surface area (Å²) >= 11 is 0. The van der Waals surface area contributed by atoms with E-state index in [-0.39, 0.29) is 17.4 Å². The smallest absolute Gasteiger partial charge is 0.273 e. The number of fused-ring (bicyclic) bond motifs is 1. The standard InChI is InChI=1S/C22H27N7O/c1-14-5-4-6-15-11-16(12-26-22(30)19-20(23)25-9-8-24-19)21(27-18(14)15)29(3)17-7-10-28(2)13-17/h4-6,8-9,11,17H,7,10,12-13H2,1-3H3,(H2,23,25)(H,26,30). The molecule has 0 bridgehead atoms. The molecule has 30 heavy (non-hydrogen) atoms. The normalized spacial score (nSPS) is 16.7. The number of nitrogens with zero attached hydrogens (tertiary/aromatic N) is 5. The van der Waals surface area contributed by atoms with Gasteiger partial charge in [0.15, 0.2) is 11.5 Å². The fourth-order valence-electron chi connectivity index (χ4n) is 4.00. The lowest BCUT2D eigenvalue weighted by Gasteiger charge is -2.28. The number of rotatable bonds is 5. The predicted molar refractivity (Wildman–Crippen MR) is 118 cm³/mol. The van der Waals surface area contributed by atoms with Crippen LogP contribution in [0, 0.1) is 6.92 Å². The largest absolute Gasteiger partial charge is 0.382 e. The summed E-state index contributed by atoms with van der Waals surface area (Å²) in [6.07, 6.45) is 4.01. The molecule has 3 aromatic rings. The van der Waals surface area contributed by atoms with Crippen molar-refractivity contribution >= 4 is 28.4 Å². The van der Waals surface area contributed by atoms with Crippen molar-refractivity contribution in [3.05, 3.63) is 53.5 Å². The SMILES string of the molecule is Cc1cccc2cc(CNC(=O)c3nccnc3N)c(N(C)C3CCN(C)C3)nc12. The number of nitrogen functional groups attached to an aromatic ring is 1. The molecular formula is C22H27N7O. The lowest BCUT2D eigenvalue weighted by atomic mass is 10.1. The maximum atomic E-state index is 12.6. The Kier molecular flexibility index (Phi) is 5.50. The van der Waals surface area contributed by atoms with E-state index in [4.69, 9.17) is 10.7 Å².